The first-order valence-electron chi connectivity index (χ1n) is 6.10. The minimum atomic E-state index is 0.556. The Morgan fingerprint density at radius 3 is 2.37 bits per heavy atom. The molecule has 3 heteroatoms. The molecule has 0 aliphatic carbocycles. The van der Waals surface area contributed by atoms with E-state index >= 15 is 0 Å². The maximum Gasteiger partial charge on any atom is 0.248 e. The number of hydrogen-bond donors (Lipinski definition) is 0. The maximum atomic E-state index is 5.32. The van der Waals surface area contributed by atoms with Gasteiger partial charge in [0.15, 0.2) is 0 Å². The van der Waals surface area contributed by atoms with Crippen molar-refractivity contribution in [1.29, 1.82) is 0 Å². The van der Waals surface area contributed by atoms with E-state index in [0.29, 0.717) is 5.89 Å². The average molecular weight is 246 g/mol. The zero-order valence-corrected chi connectivity index (χ0v) is 10.1. The fourth-order valence-electron chi connectivity index (χ4n) is 2.44. The molecule has 0 saturated heterocycles. The minimum Gasteiger partial charge on any atom is -0.423 e. The topological polar surface area (TPSA) is 38.9 Å². The molecule has 0 N–H and O–H groups in total. The highest BCUT2D eigenvalue weighted by Gasteiger charge is 2.08. The van der Waals surface area contributed by atoms with Crippen molar-refractivity contribution < 1.29 is 4.42 Å². The number of hydrogen-bond acceptors (Lipinski definition) is 3. The smallest absolute Gasteiger partial charge is 0.248 e. The lowest BCUT2D eigenvalue weighted by molar-refractivity contribution is 0.569. The molecule has 4 rings (SSSR count). The van der Waals surface area contributed by atoms with Gasteiger partial charge < -0.3 is 4.42 Å². The Balaban J connectivity index is 2.12. The van der Waals surface area contributed by atoms with Crippen LogP contribution in [0.5, 0.6) is 0 Å². The lowest BCUT2D eigenvalue weighted by Crippen LogP contribution is -1.83. The predicted octanol–water partition coefficient (Wildman–Crippen LogP) is 4.04. The van der Waals surface area contributed by atoms with E-state index in [1.54, 1.807) is 0 Å². The van der Waals surface area contributed by atoms with Gasteiger partial charge >= 0.3 is 0 Å². The van der Waals surface area contributed by atoms with E-state index in [4.69, 9.17) is 4.42 Å². The van der Waals surface area contributed by atoms with Gasteiger partial charge in [-0.2, -0.15) is 0 Å². The maximum absolute atomic E-state index is 5.32. The molecule has 0 fully saturated rings. The first-order valence-corrected chi connectivity index (χ1v) is 6.10. The molecular weight excluding hydrogens is 236 g/mol. The van der Waals surface area contributed by atoms with Crippen LogP contribution in [0.3, 0.4) is 0 Å². The van der Waals surface area contributed by atoms with Gasteiger partial charge in [0.25, 0.3) is 0 Å². The number of benzene rings is 3. The van der Waals surface area contributed by atoms with E-state index in [1.807, 2.05) is 18.2 Å². The van der Waals surface area contributed by atoms with Crippen LogP contribution in [-0.4, -0.2) is 10.2 Å². The summed E-state index contributed by atoms with van der Waals surface area (Å²) < 4.78 is 5.32. The van der Waals surface area contributed by atoms with Crippen molar-refractivity contribution in [1.82, 2.24) is 10.2 Å². The summed E-state index contributed by atoms with van der Waals surface area (Å²) in [6.45, 7) is 0. The van der Waals surface area contributed by atoms with Crippen LogP contribution in [-0.2, 0) is 0 Å². The molecule has 1 heterocycles. The average Bonchev–Trinajstić information content (AvgIpc) is 2.98. The molecule has 19 heavy (non-hydrogen) atoms. The lowest BCUT2D eigenvalue weighted by Gasteiger charge is -2.05. The van der Waals surface area contributed by atoms with E-state index in [-0.39, 0.29) is 0 Å². The van der Waals surface area contributed by atoms with Gasteiger partial charge in [-0.15, -0.1) is 10.2 Å². The van der Waals surface area contributed by atoms with E-state index < -0.39 is 0 Å². The van der Waals surface area contributed by atoms with Crippen molar-refractivity contribution in [2.75, 3.05) is 0 Å². The minimum absolute atomic E-state index is 0.556. The molecule has 0 bridgehead atoms. The molecule has 3 aromatic carbocycles. The highest BCUT2D eigenvalue weighted by atomic mass is 16.4. The lowest BCUT2D eigenvalue weighted by atomic mass is 10.00. The third-order valence-electron chi connectivity index (χ3n) is 3.34. The summed E-state index contributed by atoms with van der Waals surface area (Å²) in [6, 6.07) is 18.8. The van der Waals surface area contributed by atoms with Crippen LogP contribution < -0.4 is 0 Å². The molecule has 90 valence electrons. The van der Waals surface area contributed by atoms with Gasteiger partial charge in [-0.3, -0.25) is 0 Å². The number of aromatic nitrogens is 2. The molecule has 0 spiro atoms. The fourth-order valence-corrected chi connectivity index (χ4v) is 2.44. The highest BCUT2D eigenvalue weighted by Crippen LogP contribution is 2.30. The van der Waals surface area contributed by atoms with Crippen molar-refractivity contribution in [2.45, 2.75) is 0 Å². The monoisotopic (exact) mass is 246 g/mol. The van der Waals surface area contributed by atoms with E-state index in [0.717, 1.165) is 10.9 Å². The second-order valence-corrected chi connectivity index (χ2v) is 4.47. The number of rotatable bonds is 1. The summed E-state index contributed by atoms with van der Waals surface area (Å²) in [7, 11) is 0. The van der Waals surface area contributed by atoms with E-state index in [1.165, 1.54) is 22.6 Å². The molecule has 0 radical (unpaired) electrons. The molecule has 3 nitrogen and oxygen atoms in total. The van der Waals surface area contributed by atoms with Crippen molar-refractivity contribution in [3.63, 3.8) is 0 Å². The van der Waals surface area contributed by atoms with Crippen molar-refractivity contribution in [3.05, 3.63) is 61.0 Å². The van der Waals surface area contributed by atoms with Crippen LogP contribution >= 0.6 is 0 Å². The first kappa shape index (κ1) is 10.3. The Bertz CT molecular complexity index is 866. The Labute approximate surface area is 109 Å². The molecule has 0 aliphatic rings. The van der Waals surface area contributed by atoms with Crippen LogP contribution in [0.2, 0.25) is 0 Å². The number of fused-ring (bicyclic) bond motifs is 2. The van der Waals surface area contributed by atoms with Gasteiger partial charge in [-0.1, -0.05) is 36.4 Å². The van der Waals surface area contributed by atoms with Gasteiger partial charge in [0, 0.05) is 5.56 Å². The Morgan fingerprint density at radius 1 is 0.789 bits per heavy atom. The molecule has 0 unspecified atom stereocenters. The van der Waals surface area contributed by atoms with Gasteiger partial charge in [0.2, 0.25) is 12.3 Å². The van der Waals surface area contributed by atoms with Crippen molar-refractivity contribution in [2.24, 2.45) is 0 Å². The molecule has 0 atom stereocenters. The Hall–Kier alpha value is -2.68. The van der Waals surface area contributed by atoms with Crippen LogP contribution in [0.1, 0.15) is 0 Å². The Morgan fingerprint density at radius 2 is 1.58 bits per heavy atom. The molecular formula is C16H10N2O. The zero-order chi connectivity index (χ0) is 12.7. The second-order valence-electron chi connectivity index (χ2n) is 4.47. The van der Waals surface area contributed by atoms with Gasteiger partial charge in [0.1, 0.15) is 0 Å². The summed E-state index contributed by atoms with van der Waals surface area (Å²) in [5.74, 6) is 0.556. The predicted molar refractivity (Wildman–Crippen MR) is 74.7 cm³/mol. The molecule has 4 aromatic rings. The quantitative estimate of drug-likeness (QED) is 0.476. The third-order valence-corrected chi connectivity index (χ3v) is 3.34. The summed E-state index contributed by atoms with van der Waals surface area (Å²) in [5, 5.41) is 12.5. The van der Waals surface area contributed by atoms with Crippen LogP contribution in [0.4, 0.5) is 0 Å². The molecule has 0 amide bonds. The number of nitrogens with zero attached hydrogens (tertiary/aromatic N) is 2. The standard InChI is InChI=1S/C16H10N2O/c1-2-5-12-9-15-13(8-11(12)4-1)6-3-7-14(15)16-18-17-10-19-16/h1-10H. The molecule has 1 aromatic heterocycles. The summed E-state index contributed by atoms with van der Waals surface area (Å²) in [4.78, 5) is 0. The SMILES string of the molecule is c1ccc2cc3c(-c4nnco4)cccc3cc2c1. The highest BCUT2D eigenvalue weighted by molar-refractivity contribution is 6.03. The summed E-state index contributed by atoms with van der Waals surface area (Å²) in [6.07, 6.45) is 1.36. The molecule has 0 aliphatic heterocycles. The van der Waals surface area contributed by atoms with Crippen molar-refractivity contribution in [3.8, 4) is 11.5 Å². The van der Waals surface area contributed by atoms with E-state index in [9.17, 15) is 0 Å². The fraction of sp³-hybridized carbons (Fsp3) is 0. The summed E-state index contributed by atoms with van der Waals surface area (Å²) >= 11 is 0. The van der Waals surface area contributed by atoms with Gasteiger partial charge in [0.05, 0.1) is 0 Å². The van der Waals surface area contributed by atoms with Gasteiger partial charge in [-0.25, -0.2) is 0 Å². The largest absolute Gasteiger partial charge is 0.423 e. The van der Waals surface area contributed by atoms with Crippen LogP contribution in [0, 0.1) is 0 Å². The zero-order valence-electron chi connectivity index (χ0n) is 10.1. The molecule has 0 saturated carbocycles. The van der Waals surface area contributed by atoms with Gasteiger partial charge in [-0.05, 0) is 39.7 Å². The first-order chi connectivity index (χ1) is 9.42. The normalized spacial score (nSPS) is 11.2. The van der Waals surface area contributed by atoms with Crippen LogP contribution in [0.15, 0.2) is 65.4 Å². The van der Waals surface area contributed by atoms with E-state index in [2.05, 4.69) is 46.6 Å². The Kier molecular flexibility index (Phi) is 2.12. The van der Waals surface area contributed by atoms with Crippen LogP contribution in [0.25, 0.3) is 33.0 Å². The third kappa shape index (κ3) is 1.59. The summed E-state index contributed by atoms with van der Waals surface area (Å²) in [5.41, 5.74) is 0.973. The second kappa shape index (κ2) is 3.92. The van der Waals surface area contributed by atoms with Crippen molar-refractivity contribution >= 4 is 21.5 Å².